The molecular formula is C9H16N2O5S. The molecule has 0 saturated heterocycles. The zero-order valence-corrected chi connectivity index (χ0v) is 10.5. The summed E-state index contributed by atoms with van der Waals surface area (Å²) in [5.41, 5.74) is 0. The van der Waals surface area contributed by atoms with Crippen LogP contribution in [-0.2, 0) is 14.3 Å². The average Bonchev–Trinajstić information content (AvgIpc) is 2.30. The van der Waals surface area contributed by atoms with E-state index in [2.05, 4.69) is 15.4 Å². The van der Waals surface area contributed by atoms with Gasteiger partial charge in [0.2, 0.25) is 0 Å². The molecule has 0 aliphatic heterocycles. The number of rotatable bonds is 7. The van der Waals surface area contributed by atoms with Gasteiger partial charge in [-0.1, -0.05) is 0 Å². The fourth-order valence-electron chi connectivity index (χ4n) is 0.927. The highest BCUT2D eigenvalue weighted by atomic mass is 32.2. The Balaban J connectivity index is 4.03. The van der Waals surface area contributed by atoms with Gasteiger partial charge >= 0.3 is 18.0 Å². The lowest BCUT2D eigenvalue weighted by Crippen LogP contribution is -2.47. The molecule has 0 aliphatic rings. The smallest absolute Gasteiger partial charge is 0.326 e. The van der Waals surface area contributed by atoms with Crippen molar-refractivity contribution in [1.82, 2.24) is 10.6 Å². The minimum absolute atomic E-state index is 0.294. The van der Waals surface area contributed by atoms with Gasteiger partial charge in [-0.3, -0.25) is 4.79 Å². The van der Waals surface area contributed by atoms with E-state index in [-0.39, 0.29) is 6.54 Å². The number of ether oxygens (including phenoxy) is 1. The molecule has 0 radical (unpaired) electrons. The summed E-state index contributed by atoms with van der Waals surface area (Å²) in [6.45, 7) is -0.294. The van der Waals surface area contributed by atoms with Crippen molar-refractivity contribution < 1.29 is 24.2 Å². The molecule has 0 heterocycles. The van der Waals surface area contributed by atoms with Crippen LogP contribution in [0, 0.1) is 0 Å². The van der Waals surface area contributed by atoms with Gasteiger partial charge in [-0.15, -0.1) is 0 Å². The average molecular weight is 264 g/mol. The molecule has 98 valence electrons. The molecule has 7 nitrogen and oxygen atoms in total. The van der Waals surface area contributed by atoms with Crippen molar-refractivity contribution in [2.75, 3.05) is 25.7 Å². The van der Waals surface area contributed by atoms with Crippen LogP contribution >= 0.6 is 11.8 Å². The first-order valence-corrected chi connectivity index (χ1v) is 6.23. The van der Waals surface area contributed by atoms with E-state index in [0.29, 0.717) is 12.2 Å². The van der Waals surface area contributed by atoms with E-state index in [1.807, 2.05) is 6.26 Å². The minimum atomic E-state index is -1.10. The number of hydrogen-bond acceptors (Lipinski definition) is 5. The molecule has 17 heavy (non-hydrogen) atoms. The monoisotopic (exact) mass is 264 g/mol. The van der Waals surface area contributed by atoms with Crippen LogP contribution in [0.3, 0.4) is 0 Å². The van der Waals surface area contributed by atoms with Crippen molar-refractivity contribution in [3.63, 3.8) is 0 Å². The van der Waals surface area contributed by atoms with Crippen molar-refractivity contribution in [3.05, 3.63) is 0 Å². The summed E-state index contributed by atoms with van der Waals surface area (Å²) >= 11 is 1.49. The molecule has 0 saturated carbocycles. The largest absolute Gasteiger partial charge is 0.480 e. The molecule has 1 atom stereocenters. The highest BCUT2D eigenvalue weighted by Crippen LogP contribution is 2.00. The lowest BCUT2D eigenvalue weighted by Gasteiger charge is -2.14. The summed E-state index contributed by atoms with van der Waals surface area (Å²) in [5, 5.41) is 13.3. The first-order valence-electron chi connectivity index (χ1n) is 4.84. The summed E-state index contributed by atoms with van der Waals surface area (Å²) in [7, 11) is 1.19. The molecule has 0 bridgehead atoms. The molecule has 0 fully saturated rings. The number of esters is 1. The number of urea groups is 1. The Hall–Kier alpha value is -1.44. The van der Waals surface area contributed by atoms with E-state index in [0.717, 1.165) is 0 Å². The van der Waals surface area contributed by atoms with Crippen molar-refractivity contribution in [2.45, 2.75) is 12.5 Å². The molecule has 0 aromatic heterocycles. The zero-order valence-electron chi connectivity index (χ0n) is 9.69. The first kappa shape index (κ1) is 15.6. The number of carbonyl (C=O) groups excluding carboxylic acids is 2. The van der Waals surface area contributed by atoms with Crippen molar-refractivity contribution in [2.24, 2.45) is 0 Å². The summed E-state index contributed by atoms with van der Waals surface area (Å²) in [6.07, 6.45) is 2.17. The fourth-order valence-corrected chi connectivity index (χ4v) is 1.40. The highest BCUT2D eigenvalue weighted by Gasteiger charge is 2.19. The number of aliphatic carboxylic acids is 1. The number of carboxylic acid groups (broad SMARTS) is 1. The van der Waals surface area contributed by atoms with Crippen LogP contribution < -0.4 is 10.6 Å². The van der Waals surface area contributed by atoms with E-state index >= 15 is 0 Å². The van der Waals surface area contributed by atoms with E-state index in [4.69, 9.17) is 5.11 Å². The summed E-state index contributed by atoms with van der Waals surface area (Å²) in [4.78, 5) is 32.8. The number of methoxy groups -OCH3 is 1. The third kappa shape index (κ3) is 7.45. The highest BCUT2D eigenvalue weighted by molar-refractivity contribution is 7.98. The first-order chi connectivity index (χ1) is 8.01. The number of amides is 2. The number of hydrogen-bond donors (Lipinski definition) is 3. The van der Waals surface area contributed by atoms with Crippen LogP contribution in [0.4, 0.5) is 4.79 Å². The van der Waals surface area contributed by atoms with E-state index in [9.17, 15) is 14.4 Å². The Morgan fingerprint density at radius 2 is 2.06 bits per heavy atom. The minimum Gasteiger partial charge on any atom is -0.480 e. The van der Waals surface area contributed by atoms with Crippen LogP contribution in [0.5, 0.6) is 0 Å². The Bertz CT molecular complexity index is 285. The third-order valence-electron chi connectivity index (χ3n) is 1.84. The second-order valence-electron chi connectivity index (χ2n) is 3.08. The topological polar surface area (TPSA) is 105 Å². The van der Waals surface area contributed by atoms with Crippen molar-refractivity contribution in [1.29, 1.82) is 0 Å². The second-order valence-corrected chi connectivity index (χ2v) is 4.06. The van der Waals surface area contributed by atoms with Crippen LogP contribution in [0.15, 0.2) is 0 Å². The van der Waals surface area contributed by atoms with Gasteiger partial charge in [-0.05, 0) is 18.4 Å². The summed E-state index contributed by atoms with van der Waals surface area (Å²) in [6, 6.07) is -1.66. The van der Waals surface area contributed by atoms with Gasteiger partial charge in [-0.25, -0.2) is 9.59 Å². The van der Waals surface area contributed by atoms with Crippen molar-refractivity contribution in [3.8, 4) is 0 Å². The van der Waals surface area contributed by atoms with Gasteiger partial charge in [-0.2, -0.15) is 11.8 Å². The van der Waals surface area contributed by atoms with Crippen LogP contribution in [0.25, 0.3) is 0 Å². The van der Waals surface area contributed by atoms with E-state index in [1.54, 1.807) is 0 Å². The van der Waals surface area contributed by atoms with Gasteiger partial charge in [0, 0.05) is 0 Å². The molecule has 0 unspecified atom stereocenters. The second kappa shape index (κ2) is 8.68. The predicted molar refractivity (Wildman–Crippen MR) is 63.0 cm³/mol. The van der Waals surface area contributed by atoms with Gasteiger partial charge in [0.15, 0.2) is 0 Å². The number of carboxylic acids is 1. The van der Waals surface area contributed by atoms with Gasteiger partial charge < -0.3 is 20.5 Å². The number of thioether (sulfide) groups is 1. The van der Waals surface area contributed by atoms with Crippen molar-refractivity contribution >= 4 is 29.7 Å². The molecule has 3 N–H and O–H groups in total. The van der Waals surface area contributed by atoms with Crippen LogP contribution in [0.1, 0.15) is 6.42 Å². The summed E-state index contributed by atoms with van der Waals surface area (Å²) < 4.78 is 4.32. The number of nitrogens with one attached hydrogen (secondary N) is 2. The maximum absolute atomic E-state index is 11.2. The number of carbonyl (C=O) groups is 3. The lowest BCUT2D eigenvalue weighted by atomic mass is 10.2. The maximum Gasteiger partial charge on any atom is 0.326 e. The van der Waals surface area contributed by atoms with Crippen LogP contribution in [-0.4, -0.2) is 54.8 Å². The Kier molecular flexibility index (Phi) is 7.95. The third-order valence-corrected chi connectivity index (χ3v) is 2.48. The Morgan fingerprint density at radius 3 is 2.53 bits per heavy atom. The molecular weight excluding hydrogens is 248 g/mol. The maximum atomic E-state index is 11.2. The summed E-state index contributed by atoms with van der Waals surface area (Å²) in [5.74, 6) is -1.09. The van der Waals surface area contributed by atoms with Gasteiger partial charge in [0.05, 0.1) is 7.11 Å². The molecule has 0 aliphatic carbocycles. The van der Waals surface area contributed by atoms with Gasteiger partial charge in [0.25, 0.3) is 0 Å². The standard InChI is InChI=1S/C9H16N2O5S/c1-16-7(12)5-10-9(15)11-6(8(13)14)3-4-17-2/h6H,3-5H2,1-2H3,(H,13,14)(H2,10,11,15)/t6-/m1/s1. The van der Waals surface area contributed by atoms with E-state index in [1.165, 1.54) is 18.9 Å². The molecule has 0 rings (SSSR count). The van der Waals surface area contributed by atoms with Crippen LogP contribution in [0.2, 0.25) is 0 Å². The molecule has 2 amide bonds. The normalized spacial score (nSPS) is 11.4. The molecule has 0 aromatic rings. The lowest BCUT2D eigenvalue weighted by molar-refractivity contribution is -0.139. The zero-order chi connectivity index (χ0) is 13.3. The Morgan fingerprint density at radius 1 is 1.41 bits per heavy atom. The molecule has 8 heteroatoms. The SMILES string of the molecule is COC(=O)CNC(=O)N[C@H](CCSC)C(=O)O. The quantitative estimate of drug-likeness (QED) is 0.544. The van der Waals surface area contributed by atoms with E-state index < -0.39 is 24.0 Å². The Labute approximate surface area is 103 Å². The molecule has 0 spiro atoms. The van der Waals surface area contributed by atoms with Gasteiger partial charge in [0.1, 0.15) is 12.6 Å². The predicted octanol–water partition coefficient (Wildman–Crippen LogP) is -0.335. The fraction of sp³-hybridized carbons (Fsp3) is 0.667. The molecule has 0 aromatic carbocycles.